The van der Waals surface area contributed by atoms with E-state index in [1.807, 2.05) is 0 Å². The van der Waals surface area contributed by atoms with Gasteiger partial charge in [-0.1, -0.05) is 0 Å². The lowest BCUT2D eigenvalue weighted by atomic mass is 10.2. The molecule has 0 radical (unpaired) electrons. The molecule has 0 aliphatic carbocycles. The Labute approximate surface area is 90.7 Å². The Morgan fingerprint density at radius 3 is 2.71 bits per heavy atom. The van der Waals surface area contributed by atoms with Crippen molar-refractivity contribution in [3.05, 3.63) is 22.4 Å². The van der Waals surface area contributed by atoms with Crippen LogP contribution in [0.5, 0.6) is 0 Å². The molecule has 0 spiro atoms. The summed E-state index contributed by atoms with van der Waals surface area (Å²) in [6.45, 7) is 7.32. The smallest absolute Gasteiger partial charge is 0.0107 e. The SMILES string of the molecule is CC(C)N(CCN)CCc1ccsc1. The van der Waals surface area contributed by atoms with Crippen molar-refractivity contribution in [1.82, 2.24) is 4.90 Å². The molecule has 80 valence electrons. The fourth-order valence-corrected chi connectivity index (χ4v) is 2.20. The Morgan fingerprint density at radius 1 is 1.43 bits per heavy atom. The minimum atomic E-state index is 0.595. The van der Waals surface area contributed by atoms with Gasteiger partial charge in [-0.05, 0) is 42.7 Å². The van der Waals surface area contributed by atoms with Crippen LogP contribution in [0.2, 0.25) is 0 Å². The molecule has 0 atom stereocenters. The zero-order valence-electron chi connectivity index (χ0n) is 9.07. The normalized spacial score (nSPS) is 11.5. The van der Waals surface area contributed by atoms with Crippen LogP contribution < -0.4 is 5.73 Å². The van der Waals surface area contributed by atoms with Crippen LogP contribution in [0, 0.1) is 0 Å². The Hall–Kier alpha value is -0.380. The second-order valence-electron chi connectivity index (χ2n) is 3.80. The van der Waals surface area contributed by atoms with Crippen LogP contribution in [0.25, 0.3) is 0 Å². The third kappa shape index (κ3) is 3.78. The second-order valence-corrected chi connectivity index (χ2v) is 4.58. The lowest BCUT2D eigenvalue weighted by Gasteiger charge is -2.25. The van der Waals surface area contributed by atoms with Crippen molar-refractivity contribution < 1.29 is 0 Å². The molecule has 0 saturated carbocycles. The lowest BCUT2D eigenvalue weighted by molar-refractivity contribution is 0.231. The van der Waals surface area contributed by atoms with Crippen LogP contribution in [0.3, 0.4) is 0 Å². The molecular weight excluding hydrogens is 192 g/mol. The summed E-state index contributed by atoms with van der Waals surface area (Å²) in [6.07, 6.45) is 1.14. The van der Waals surface area contributed by atoms with Crippen LogP contribution in [0.15, 0.2) is 16.8 Å². The molecule has 0 fully saturated rings. The summed E-state index contributed by atoms with van der Waals surface area (Å²) in [6, 6.07) is 2.79. The molecule has 0 aliphatic heterocycles. The number of nitrogens with zero attached hydrogens (tertiary/aromatic N) is 1. The van der Waals surface area contributed by atoms with Crippen LogP contribution in [0.4, 0.5) is 0 Å². The van der Waals surface area contributed by atoms with E-state index in [4.69, 9.17) is 5.73 Å². The number of hydrogen-bond acceptors (Lipinski definition) is 3. The molecule has 0 unspecified atom stereocenters. The summed E-state index contributed by atoms with van der Waals surface area (Å²) < 4.78 is 0. The first-order valence-corrected chi connectivity index (χ1v) is 6.13. The van der Waals surface area contributed by atoms with Crippen LogP contribution in [-0.2, 0) is 6.42 Å². The molecule has 0 aromatic carbocycles. The largest absolute Gasteiger partial charge is 0.329 e. The maximum absolute atomic E-state index is 5.58. The molecule has 0 amide bonds. The minimum absolute atomic E-state index is 0.595. The zero-order chi connectivity index (χ0) is 10.4. The first kappa shape index (κ1) is 11.7. The Balaban J connectivity index is 2.33. The fraction of sp³-hybridized carbons (Fsp3) is 0.636. The summed E-state index contributed by atoms with van der Waals surface area (Å²) in [5.41, 5.74) is 7.02. The molecule has 1 rings (SSSR count). The van der Waals surface area contributed by atoms with E-state index in [1.54, 1.807) is 11.3 Å². The lowest BCUT2D eigenvalue weighted by Crippen LogP contribution is -2.36. The van der Waals surface area contributed by atoms with Crippen molar-refractivity contribution in [2.24, 2.45) is 5.73 Å². The van der Waals surface area contributed by atoms with Crippen LogP contribution in [-0.4, -0.2) is 30.6 Å². The predicted octanol–water partition coefficient (Wildman–Crippen LogP) is 1.96. The van der Waals surface area contributed by atoms with Crippen molar-refractivity contribution in [2.45, 2.75) is 26.3 Å². The van der Waals surface area contributed by atoms with E-state index < -0.39 is 0 Å². The maximum Gasteiger partial charge on any atom is 0.0107 e. The number of thiophene rings is 1. The number of rotatable bonds is 6. The first-order valence-electron chi connectivity index (χ1n) is 5.19. The molecule has 14 heavy (non-hydrogen) atoms. The molecule has 1 aromatic rings. The average Bonchev–Trinajstić information content (AvgIpc) is 2.64. The van der Waals surface area contributed by atoms with E-state index in [9.17, 15) is 0 Å². The number of hydrogen-bond donors (Lipinski definition) is 1. The zero-order valence-corrected chi connectivity index (χ0v) is 9.89. The van der Waals surface area contributed by atoms with Crippen molar-refractivity contribution in [3.8, 4) is 0 Å². The fourth-order valence-electron chi connectivity index (χ4n) is 1.50. The summed E-state index contributed by atoms with van der Waals surface area (Å²) in [4.78, 5) is 2.43. The van der Waals surface area contributed by atoms with Crippen molar-refractivity contribution in [3.63, 3.8) is 0 Å². The van der Waals surface area contributed by atoms with E-state index in [2.05, 4.69) is 35.6 Å². The van der Waals surface area contributed by atoms with Gasteiger partial charge in [0.2, 0.25) is 0 Å². The maximum atomic E-state index is 5.58. The van der Waals surface area contributed by atoms with E-state index in [0.717, 1.165) is 26.1 Å². The van der Waals surface area contributed by atoms with Gasteiger partial charge in [0.05, 0.1) is 0 Å². The summed E-state index contributed by atoms with van der Waals surface area (Å²) in [5, 5.41) is 4.36. The number of nitrogens with two attached hydrogens (primary N) is 1. The van der Waals surface area contributed by atoms with Gasteiger partial charge < -0.3 is 5.73 Å². The summed E-state index contributed by atoms with van der Waals surface area (Å²) in [7, 11) is 0. The van der Waals surface area contributed by atoms with Gasteiger partial charge in [-0.25, -0.2) is 0 Å². The van der Waals surface area contributed by atoms with Gasteiger partial charge in [0, 0.05) is 25.7 Å². The first-order chi connectivity index (χ1) is 6.74. The second kappa shape index (κ2) is 6.17. The van der Waals surface area contributed by atoms with Gasteiger partial charge in [-0.2, -0.15) is 11.3 Å². The van der Waals surface area contributed by atoms with Gasteiger partial charge in [0.15, 0.2) is 0 Å². The Bertz CT molecular complexity index is 231. The topological polar surface area (TPSA) is 29.3 Å². The van der Waals surface area contributed by atoms with Crippen molar-refractivity contribution in [2.75, 3.05) is 19.6 Å². The van der Waals surface area contributed by atoms with Gasteiger partial charge >= 0.3 is 0 Å². The monoisotopic (exact) mass is 212 g/mol. The van der Waals surface area contributed by atoms with E-state index in [-0.39, 0.29) is 0 Å². The van der Waals surface area contributed by atoms with Crippen molar-refractivity contribution >= 4 is 11.3 Å². The third-order valence-corrected chi connectivity index (χ3v) is 3.15. The van der Waals surface area contributed by atoms with Crippen LogP contribution >= 0.6 is 11.3 Å². The molecule has 2 N–H and O–H groups in total. The highest BCUT2D eigenvalue weighted by Crippen LogP contribution is 2.08. The Kier molecular flexibility index (Phi) is 5.15. The van der Waals surface area contributed by atoms with Gasteiger partial charge in [-0.15, -0.1) is 0 Å². The van der Waals surface area contributed by atoms with Crippen molar-refractivity contribution in [1.29, 1.82) is 0 Å². The molecule has 0 saturated heterocycles. The molecular formula is C11H20N2S. The van der Waals surface area contributed by atoms with E-state index >= 15 is 0 Å². The Morgan fingerprint density at radius 2 is 2.21 bits per heavy atom. The molecule has 3 heteroatoms. The third-order valence-electron chi connectivity index (χ3n) is 2.41. The highest BCUT2D eigenvalue weighted by molar-refractivity contribution is 7.07. The van der Waals surface area contributed by atoms with Crippen LogP contribution in [0.1, 0.15) is 19.4 Å². The quantitative estimate of drug-likeness (QED) is 0.781. The summed E-state index contributed by atoms with van der Waals surface area (Å²) in [5.74, 6) is 0. The van der Waals surface area contributed by atoms with E-state index in [0.29, 0.717) is 6.04 Å². The summed E-state index contributed by atoms with van der Waals surface area (Å²) >= 11 is 1.77. The predicted molar refractivity (Wildman–Crippen MR) is 63.8 cm³/mol. The van der Waals surface area contributed by atoms with E-state index in [1.165, 1.54) is 5.56 Å². The van der Waals surface area contributed by atoms with Gasteiger partial charge in [0.1, 0.15) is 0 Å². The average molecular weight is 212 g/mol. The minimum Gasteiger partial charge on any atom is -0.329 e. The van der Waals surface area contributed by atoms with Gasteiger partial charge in [-0.3, -0.25) is 4.90 Å². The molecule has 2 nitrogen and oxygen atoms in total. The molecule has 0 aliphatic rings. The van der Waals surface area contributed by atoms with Gasteiger partial charge in [0.25, 0.3) is 0 Å². The highest BCUT2D eigenvalue weighted by Gasteiger charge is 2.07. The highest BCUT2D eigenvalue weighted by atomic mass is 32.1. The molecule has 1 aromatic heterocycles. The molecule has 0 bridgehead atoms. The standard InChI is InChI=1S/C11H20N2S/c1-10(2)13(7-5-12)6-3-11-4-8-14-9-11/h4,8-10H,3,5-7,12H2,1-2H3. The molecule has 1 heterocycles.